The quantitative estimate of drug-likeness (QED) is 0.521. The van der Waals surface area contributed by atoms with Crippen LogP contribution in [0.5, 0.6) is 0 Å². The number of carbonyl (C=O) groups is 5. The highest BCUT2D eigenvalue weighted by Gasteiger charge is 2.36. The number of esters is 2. The van der Waals surface area contributed by atoms with Gasteiger partial charge in [-0.3, -0.25) is 14.4 Å². The molecule has 0 bridgehead atoms. The topological polar surface area (TPSA) is 116 Å². The molecule has 0 aliphatic carbocycles. The summed E-state index contributed by atoms with van der Waals surface area (Å²) < 4.78 is 9.79. The van der Waals surface area contributed by atoms with Crippen LogP contribution in [0.3, 0.4) is 0 Å². The predicted octanol–water partition coefficient (Wildman–Crippen LogP) is 0.257. The summed E-state index contributed by atoms with van der Waals surface area (Å²) in [6.45, 7) is 5.89. The highest BCUT2D eigenvalue weighted by Crippen LogP contribution is 2.15. The molecule has 1 rings (SSSR count). The molecule has 2 amide bonds. The Hall–Kier alpha value is -2.45. The first-order valence-electron chi connectivity index (χ1n) is 6.96. The van der Waals surface area contributed by atoms with Crippen molar-refractivity contribution >= 4 is 29.7 Å². The van der Waals surface area contributed by atoms with Crippen LogP contribution in [0.25, 0.3) is 0 Å². The number of rotatable bonds is 5. The van der Waals surface area contributed by atoms with E-state index in [9.17, 15) is 24.0 Å². The summed E-state index contributed by atoms with van der Waals surface area (Å²) in [5, 5.41) is 0.349. The third-order valence-corrected chi connectivity index (χ3v) is 2.53. The lowest BCUT2D eigenvalue weighted by Crippen LogP contribution is -2.38. The molecule has 1 heterocycles. The van der Waals surface area contributed by atoms with Crippen LogP contribution >= 0.6 is 0 Å². The zero-order valence-corrected chi connectivity index (χ0v) is 13.4. The summed E-state index contributed by atoms with van der Waals surface area (Å²) >= 11 is 0. The Morgan fingerprint density at radius 3 is 2.09 bits per heavy atom. The van der Waals surface area contributed by atoms with Crippen LogP contribution in [0.15, 0.2) is 0 Å². The van der Waals surface area contributed by atoms with Crippen molar-refractivity contribution in [1.82, 2.24) is 5.06 Å². The third-order valence-electron chi connectivity index (χ3n) is 2.53. The number of amides is 2. The first-order valence-corrected chi connectivity index (χ1v) is 6.96. The molecule has 1 fully saturated rings. The molecule has 0 saturated carbocycles. The van der Waals surface area contributed by atoms with Crippen LogP contribution in [-0.2, 0) is 38.3 Å². The van der Waals surface area contributed by atoms with Gasteiger partial charge in [-0.05, 0) is 20.8 Å². The van der Waals surface area contributed by atoms with Gasteiger partial charge in [0.15, 0.2) is 0 Å². The second-order valence-corrected chi connectivity index (χ2v) is 5.88. The molecule has 0 spiro atoms. The van der Waals surface area contributed by atoms with Crippen molar-refractivity contribution < 1.29 is 38.3 Å². The van der Waals surface area contributed by atoms with Crippen molar-refractivity contribution in [3.05, 3.63) is 0 Å². The first kappa shape index (κ1) is 18.6. The number of hydroxylamine groups is 2. The Bertz CT molecular complexity index is 517. The van der Waals surface area contributed by atoms with Gasteiger partial charge in [0.2, 0.25) is 6.10 Å². The summed E-state index contributed by atoms with van der Waals surface area (Å²) in [7, 11) is 0. The van der Waals surface area contributed by atoms with E-state index in [1.54, 1.807) is 20.8 Å². The van der Waals surface area contributed by atoms with E-state index in [1.807, 2.05) is 0 Å². The Balaban J connectivity index is 2.70. The Kier molecular flexibility index (Phi) is 5.83. The van der Waals surface area contributed by atoms with Crippen molar-refractivity contribution in [2.45, 2.75) is 58.7 Å². The predicted molar refractivity (Wildman–Crippen MR) is 73.2 cm³/mol. The average Bonchev–Trinajstić information content (AvgIpc) is 2.67. The maximum absolute atomic E-state index is 11.9. The summed E-state index contributed by atoms with van der Waals surface area (Å²) in [6.07, 6.45) is -2.30. The van der Waals surface area contributed by atoms with E-state index in [0.717, 1.165) is 6.92 Å². The van der Waals surface area contributed by atoms with E-state index in [0.29, 0.717) is 5.06 Å². The summed E-state index contributed by atoms with van der Waals surface area (Å²) in [6, 6.07) is 0. The molecule has 0 aromatic heterocycles. The van der Waals surface area contributed by atoms with Crippen LogP contribution in [0.2, 0.25) is 0 Å². The van der Waals surface area contributed by atoms with Gasteiger partial charge in [0.1, 0.15) is 5.60 Å². The molecule has 0 aromatic rings. The molecule has 1 saturated heterocycles. The molecule has 0 N–H and O–H groups in total. The second-order valence-electron chi connectivity index (χ2n) is 5.88. The highest BCUT2D eigenvalue weighted by molar-refractivity contribution is 6.01. The van der Waals surface area contributed by atoms with Crippen LogP contribution in [-0.4, -0.2) is 46.5 Å². The summed E-state index contributed by atoms with van der Waals surface area (Å²) in [5.41, 5.74) is -0.847. The second kappa shape index (κ2) is 7.21. The molecule has 0 unspecified atom stereocenters. The number of hydrogen-bond acceptors (Lipinski definition) is 8. The van der Waals surface area contributed by atoms with Gasteiger partial charge in [-0.15, -0.1) is 5.06 Å². The van der Waals surface area contributed by atoms with Crippen molar-refractivity contribution in [3.63, 3.8) is 0 Å². The van der Waals surface area contributed by atoms with Crippen molar-refractivity contribution in [2.75, 3.05) is 0 Å². The minimum atomic E-state index is -1.52. The van der Waals surface area contributed by atoms with Crippen LogP contribution < -0.4 is 0 Å². The highest BCUT2D eigenvalue weighted by atomic mass is 16.7. The first-order chi connectivity index (χ1) is 10.5. The van der Waals surface area contributed by atoms with Crippen LogP contribution in [0.4, 0.5) is 0 Å². The van der Waals surface area contributed by atoms with E-state index >= 15 is 0 Å². The fourth-order valence-corrected chi connectivity index (χ4v) is 1.69. The molecule has 9 nitrogen and oxygen atoms in total. The average molecular weight is 329 g/mol. The van der Waals surface area contributed by atoms with Gasteiger partial charge in [0, 0.05) is 19.8 Å². The van der Waals surface area contributed by atoms with Gasteiger partial charge in [-0.1, -0.05) is 0 Å². The molecule has 9 heteroatoms. The Morgan fingerprint density at radius 1 is 1.13 bits per heavy atom. The Morgan fingerprint density at radius 2 is 1.65 bits per heavy atom. The minimum Gasteiger partial charge on any atom is -0.457 e. The normalized spacial score (nSPS) is 16.1. The van der Waals surface area contributed by atoms with E-state index in [1.165, 1.54) is 0 Å². The number of ether oxygens (including phenoxy) is 2. The SMILES string of the molecule is CC(=O)O[C@@H](CC(=O)ON1C(=O)CCC1=O)C(=O)OC(C)(C)C. The summed E-state index contributed by atoms with van der Waals surface area (Å²) in [5.74, 6) is -4.08. The van der Waals surface area contributed by atoms with Gasteiger partial charge in [0.05, 0.1) is 6.42 Å². The molecular weight excluding hydrogens is 310 g/mol. The fourth-order valence-electron chi connectivity index (χ4n) is 1.69. The zero-order valence-electron chi connectivity index (χ0n) is 13.4. The van der Waals surface area contributed by atoms with E-state index in [4.69, 9.17) is 9.47 Å². The van der Waals surface area contributed by atoms with Crippen molar-refractivity contribution in [3.8, 4) is 0 Å². The van der Waals surface area contributed by atoms with Crippen LogP contribution in [0.1, 0.15) is 47.0 Å². The largest absolute Gasteiger partial charge is 0.457 e. The molecule has 128 valence electrons. The zero-order chi connectivity index (χ0) is 17.8. The maximum Gasteiger partial charge on any atom is 0.348 e. The van der Waals surface area contributed by atoms with E-state index < -0.39 is 47.8 Å². The lowest BCUT2D eigenvalue weighted by Gasteiger charge is -2.23. The molecule has 0 radical (unpaired) electrons. The maximum atomic E-state index is 11.9. The van der Waals surface area contributed by atoms with Gasteiger partial charge >= 0.3 is 17.9 Å². The molecule has 23 heavy (non-hydrogen) atoms. The molecule has 1 atom stereocenters. The molecule has 1 aliphatic heterocycles. The van der Waals surface area contributed by atoms with Crippen molar-refractivity contribution in [2.24, 2.45) is 0 Å². The van der Waals surface area contributed by atoms with Gasteiger partial charge in [-0.2, -0.15) is 0 Å². The fraction of sp³-hybridized carbons (Fsp3) is 0.643. The smallest absolute Gasteiger partial charge is 0.348 e. The number of nitrogens with zero attached hydrogens (tertiary/aromatic N) is 1. The number of carbonyl (C=O) groups excluding carboxylic acids is 5. The number of hydrogen-bond donors (Lipinski definition) is 0. The molecule has 0 aromatic carbocycles. The van der Waals surface area contributed by atoms with Crippen LogP contribution in [0, 0.1) is 0 Å². The monoisotopic (exact) mass is 329 g/mol. The van der Waals surface area contributed by atoms with Gasteiger partial charge in [-0.25, -0.2) is 9.59 Å². The van der Waals surface area contributed by atoms with Gasteiger partial charge in [0.25, 0.3) is 11.8 Å². The molecular formula is C14H19NO8. The lowest BCUT2D eigenvalue weighted by atomic mass is 10.2. The molecule has 1 aliphatic rings. The lowest BCUT2D eigenvalue weighted by molar-refractivity contribution is -0.201. The minimum absolute atomic E-state index is 0.0500. The third kappa shape index (κ3) is 6.05. The Labute approximate surface area is 132 Å². The number of imide groups is 1. The van der Waals surface area contributed by atoms with Crippen molar-refractivity contribution in [1.29, 1.82) is 0 Å². The van der Waals surface area contributed by atoms with Gasteiger partial charge < -0.3 is 14.3 Å². The van der Waals surface area contributed by atoms with E-state index in [2.05, 4.69) is 4.84 Å². The summed E-state index contributed by atoms with van der Waals surface area (Å²) in [4.78, 5) is 62.1. The van der Waals surface area contributed by atoms with E-state index in [-0.39, 0.29) is 12.8 Å². The standard InChI is InChI=1S/C14H19NO8/c1-8(16)21-9(13(20)22-14(2,3)4)7-12(19)23-15-10(17)5-6-11(15)18/h9H,5-7H2,1-4H3/t9-/m0/s1.